The van der Waals surface area contributed by atoms with Gasteiger partial charge in [-0.3, -0.25) is 4.98 Å². The lowest BCUT2D eigenvalue weighted by Crippen LogP contribution is -2.25. The first kappa shape index (κ1) is 15.6. The zero-order chi connectivity index (χ0) is 15.2. The minimum Gasteiger partial charge on any atom is -0.392 e. The summed E-state index contributed by atoms with van der Waals surface area (Å²) in [5.41, 5.74) is 2.42. The summed E-state index contributed by atoms with van der Waals surface area (Å²) in [7, 11) is 0. The van der Waals surface area contributed by atoms with Crippen LogP contribution in [0, 0.1) is 11.7 Å². The Morgan fingerprint density at radius 1 is 1.29 bits per heavy atom. The summed E-state index contributed by atoms with van der Waals surface area (Å²) in [5, 5.41) is 12.6. The van der Waals surface area contributed by atoms with Crippen LogP contribution in [0.3, 0.4) is 0 Å². The Bertz CT molecular complexity index is 572. The Labute approximate surface area is 124 Å². The van der Waals surface area contributed by atoms with E-state index in [1.54, 1.807) is 18.3 Å². The van der Waals surface area contributed by atoms with Gasteiger partial charge in [-0.25, -0.2) is 4.39 Å². The summed E-state index contributed by atoms with van der Waals surface area (Å²) in [6.45, 7) is 4.63. The van der Waals surface area contributed by atoms with Crippen LogP contribution in [0.15, 0.2) is 42.7 Å². The van der Waals surface area contributed by atoms with Crippen LogP contribution in [0.2, 0.25) is 0 Å². The predicted molar refractivity (Wildman–Crippen MR) is 81.0 cm³/mol. The van der Waals surface area contributed by atoms with Crippen LogP contribution in [-0.4, -0.2) is 10.1 Å². The van der Waals surface area contributed by atoms with E-state index in [0.29, 0.717) is 18.0 Å². The lowest BCUT2D eigenvalue weighted by Gasteiger charge is -2.23. The maximum atomic E-state index is 13.4. The van der Waals surface area contributed by atoms with Crippen molar-refractivity contribution < 1.29 is 9.50 Å². The van der Waals surface area contributed by atoms with Crippen molar-refractivity contribution >= 4 is 0 Å². The van der Waals surface area contributed by atoms with Crippen LogP contribution in [0.1, 0.15) is 36.6 Å². The van der Waals surface area contributed by atoms with Crippen molar-refractivity contribution in [1.82, 2.24) is 10.3 Å². The summed E-state index contributed by atoms with van der Waals surface area (Å²) in [6, 6.07) is 8.99. The van der Waals surface area contributed by atoms with Gasteiger partial charge in [0.1, 0.15) is 5.82 Å². The average Bonchev–Trinajstić information content (AvgIpc) is 2.49. The van der Waals surface area contributed by atoms with Crippen molar-refractivity contribution in [2.75, 3.05) is 0 Å². The Balaban J connectivity index is 2.09. The molecule has 0 saturated carbocycles. The van der Waals surface area contributed by atoms with Crippen LogP contribution >= 0.6 is 0 Å². The molecule has 1 atom stereocenters. The van der Waals surface area contributed by atoms with Crippen LogP contribution in [0.25, 0.3) is 0 Å². The predicted octanol–water partition coefficient (Wildman–Crippen LogP) is 3.20. The minimum atomic E-state index is -0.367. The van der Waals surface area contributed by atoms with Gasteiger partial charge in [-0.2, -0.15) is 0 Å². The van der Waals surface area contributed by atoms with Gasteiger partial charge in [-0.1, -0.05) is 26.0 Å². The van der Waals surface area contributed by atoms with Crippen molar-refractivity contribution in [1.29, 1.82) is 0 Å². The molecule has 0 spiro atoms. The first-order valence-electron chi connectivity index (χ1n) is 7.13. The van der Waals surface area contributed by atoms with E-state index in [0.717, 1.165) is 11.1 Å². The van der Waals surface area contributed by atoms with E-state index >= 15 is 0 Å². The van der Waals surface area contributed by atoms with Crippen molar-refractivity contribution in [3.05, 3.63) is 65.2 Å². The van der Waals surface area contributed by atoms with Gasteiger partial charge in [0.2, 0.25) is 0 Å². The second-order valence-electron chi connectivity index (χ2n) is 5.47. The van der Waals surface area contributed by atoms with Crippen LogP contribution in [0.5, 0.6) is 0 Å². The summed E-state index contributed by atoms with van der Waals surface area (Å²) in [6.07, 6.45) is 3.62. The molecule has 0 radical (unpaired) electrons. The Hall–Kier alpha value is -1.78. The molecule has 0 aliphatic carbocycles. The number of benzene rings is 1. The molecule has 0 amide bonds. The fraction of sp³-hybridized carbons (Fsp3) is 0.353. The minimum absolute atomic E-state index is 0.182. The molecule has 0 fully saturated rings. The topological polar surface area (TPSA) is 45.1 Å². The van der Waals surface area contributed by atoms with Crippen molar-refractivity contribution in [2.24, 2.45) is 5.92 Å². The molecule has 1 aromatic heterocycles. The van der Waals surface area contributed by atoms with Gasteiger partial charge < -0.3 is 10.4 Å². The number of rotatable bonds is 6. The largest absolute Gasteiger partial charge is 0.392 e. The highest BCUT2D eigenvalue weighted by Crippen LogP contribution is 2.21. The highest BCUT2D eigenvalue weighted by molar-refractivity contribution is 5.25. The van der Waals surface area contributed by atoms with E-state index in [2.05, 4.69) is 30.2 Å². The van der Waals surface area contributed by atoms with Gasteiger partial charge in [0.05, 0.1) is 6.61 Å². The number of hydrogen-bond acceptors (Lipinski definition) is 3. The van der Waals surface area contributed by atoms with Crippen LogP contribution in [0.4, 0.5) is 4.39 Å². The number of nitrogens with one attached hydrogen (secondary N) is 1. The number of nitrogens with zero attached hydrogens (tertiary/aromatic N) is 1. The molecule has 2 N–H and O–H groups in total. The zero-order valence-corrected chi connectivity index (χ0v) is 12.4. The Kier molecular flexibility index (Phi) is 5.42. The van der Waals surface area contributed by atoms with Crippen molar-refractivity contribution in [3.63, 3.8) is 0 Å². The van der Waals surface area contributed by atoms with Gasteiger partial charge in [-0.05, 0) is 35.2 Å². The van der Waals surface area contributed by atoms with E-state index < -0.39 is 0 Å². The molecule has 0 aliphatic rings. The monoisotopic (exact) mass is 288 g/mol. The van der Waals surface area contributed by atoms with Crippen molar-refractivity contribution in [2.45, 2.75) is 33.0 Å². The Morgan fingerprint density at radius 3 is 2.71 bits per heavy atom. The second-order valence-corrected chi connectivity index (χ2v) is 5.47. The molecule has 3 nitrogen and oxygen atoms in total. The fourth-order valence-electron chi connectivity index (χ4n) is 2.39. The van der Waals surface area contributed by atoms with Gasteiger partial charge in [0.25, 0.3) is 0 Å². The average molecular weight is 288 g/mol. The van der Waals surface area contributed by atoms with E-state index in [1.807, 2.05) is 12.3 Å². The normalized spacial score (nSPS) is 12.6. The van der Waals surface area contributed by atoms with E-state index in [-0.39, 0.29) is 18.5 Å². The quantitative estimate of drug-likeness (QED) is 0.858. The van der Waals surface area contributed by atoms with E-state index in [4.69, 9.17) is 5.11 Å². The van der Waals surface area contributed by atoms with Crippen LogP contribution < -0.4 is 5.32 Å². The third-order valence-corrected chi connectivity index (χ3v) is 3.52. The SMILES string of the molecule is CC(C)C(NCc1ccc(F)c(CO)c1)c1cccnc1. The molecule has 2 rings (SSSR count). The van der Waals surface area contributed by atoms with Gasteiger partial charge in [0.15, 0.2) is 0 Å². The third kappa shape index (κ3) is 4.09. The Morgan fingerprint density at radius 2 is 2.10 bits per heavy atom. The lowest BCUT2D eigenvalue weighted by atomic mass is 9.97. The molecule has 1 aromatic carbocycles. The molecule has 0 saturated heterocycles. The number of pyridine rings is 1. The van der Waals surface area contributed by atoms with Gasteiger partial charge in [0, 0.05) is 30.5 Å². The summed E-state index contributed by atoms with van der Waals surface area (Å²) in [5.74, 6) is 0.0425. The van der Waals surface area contributed by atoms with Crippen molar-refractivity contribution in [3.8, 4) is 0 Å². The number of aliphatic hydroxyl groups excluding tert-OH is 1. The smallest absolute Gasteiger partial charge is 0.128 e. The highest BCUT2D eigenvalue weighted by Gasteiger charge is 2.15. The van der Waals surface area contributed by atoms with Gasteiger partial charge in [-0.15, -0.1) is 0 Å². The zero-order valence-electron chi connectivity index (χ0n) is 12.4. The number of halogens is 1. The number of aliphatic hydroxyl groups is 1. The fourth-order valence-corrected chi connectivity index (χ4v) is 2.39. The molecule has 0 bridgehead atoms. The number of aromatic nitrogens is 1. The summed E-state index contributed by atoms with van der Waals surface area (Å²) < 4.78 is 13.4. The molecule has 1 unspecified atom stereocenters. The standard InChI is InChI=1S/C17H21FN2O/c1-12(2)17(14-4-3-7-19-10-14)20-9-13-5-6-16(18)15(8-13)11-21/h3-8,10,12,17,20-21H,9,11H2,1-2H3. The van der Waals surface area contributed by atoms with E-state index in [9.17, 15) is 4.39 Å². The van der Waals surface area contributed by atoms with E-state index in [1.165, 1.54) is 6.07 Å². The molecule has 112 valence electrons. The number of hydrogen-bond donors (Lipinski definition) is 2. The van der Waals surface area contributed by atoms with Crippen LogP contribution in [-0.2, 0) is 13.2 Å². The molecular formula is C17H21FN2O. The molecule has 1 heterocycles. The maximum Gasteiger partial charge on any atom is 0.128 e. The third-order valence-electron chi connectivity index (χ3n) is 3.52. The molecule has 4 heteroatoms. The highest BCUT2D eigenvalue weighted by atomic mass is 19.1. The van der Waals surface area contributed by atoms with Gasteiger partial charge >= 0.3 is 0 Å². The first-order valence-corrected chi connectivity index (χ1v) is 7.13. The second kappa shape index (κ2) is 7.29. The first-order chi connectivity index (χ1) is 10.1. The summed E-state index contributed by atoms with van der Waals surface area (Å²) in [4.78, 5) is 4.16. The summed E-state index contributed by atoms with van der Waals surface area (Å²) >= 11 is 0. The lowest BCUT2D eigenvalue weighted by molar-refractivity contribution is 0.275. The maximum absolute atomic E-state index is 13.4. The molecule has 21 heavy (non-hydrogen) atoms. The molecule has 0 aliphatic heterocycles. The molecule has 2 aromatic rings. The molecular weight excluding hydrogens is 267 g/mol.